The Hall–Kier alpha value is -1.57. The van der Waals surface area contributed by atoms with Crippen LogP contribution in [0.5, 0.6) is 0 Å². The van der Waals surface area contributed by atoms with Crippen molar-refractivity contribution in [3.05, 3.63) is 47.2 Å². The Labute approximate surface area is 92.1 Å². The van der Waals surface area contributed by atoms with E-state index in [0.29, 0.717) is 6.41 Å². The third-order valence-electron chi connectivity index (χ3n) is 2.37. The average Bonchev–Trinajstić information content (AvgIpc) is 2.26. The second-order valence-corrected chi connectivity index (χ2v) is 3.18. The molecule has 0 radical (unpaired) electrons. The molecule has 15 heavy (non-hydrogen) atoms. The number of carbonyl (C=O) groups is 1. The van der Waals surface area contributed by atoms with E-state index in [2.05, 4.69) is 11.9 Å². The third kappa shape index (κ3) is 3.58. The lowest BCUT2D eigenvalue weighted by molar-refractivity contribution is -0.108. The first-order valence-electron chi connectivity index (χ1n) is 4.95. The minimum atomic E-state index is 0.665. The highest BCUT2D eigenvalue weighted by molar-refractivity contribution is 5.56. The van der Waals surface area contributed by atoms with E-state index < -0.39 is 0 Å². The monoisotopic (exact) mass is 205 g/mol. The molecule has 0 aliphatic carbocycles. The maximum atomic E-state index is 10.4. The van der Waals surface area contributed by atoms with Gasteiger partial charge in [0, 0.05) is 5.70 Å². The molecule has 1 amide bonds. The lowest BCUT2D eigenvalue weighted by atomic mass is 9.98. The standard InChI is InChI=1S/C13H19NO/c1-6-10(4)12(7-2)11(5)13(8-3)14-9-15/h6-9H,3H2,1-2,4-5H3,(H,14,15)/b10-6+,12-7-,13-11-. The summed E-state index contributed by atoms with van der Waals surface area (Å²) >= 11 is 0. The lowest BCUT2D eigenvalue weighted by Crippen LogP contribution is -2.11. The van der Waals surface area contributed by atoms with Gasteiger partial charge < -0.3 is 5.32 Å². The van der Waals surface area contributed by atoms with E-state index in [-0.39, 0.29) is 0 Å². The zero-order chi connectivity index (χ0) is 11.8. The van der Waals surface area contributed by atoms with Crippen molar-refractivity contribution in [3.63, 3.8) is 0 Å². The average molecular weight is 205 g/mol. The molecule has 2 heteroatoms. The van der Waals surface area contributed by atoms with Crippen molar-refractivity contribution in [1.82, 2.24) is 5.32 Å². The summed E-state index contributed by atoms with van der Waals surface area (Å²) in [5.74, 6) is 0. The van der Waals surface area contributed by atoms with Crippen LogP contribution in [0.1, 0.15) is 27.7 Å². The summed E-state index contributed by atoms with van der Waals surface area (Å²) in [7, 11) is 0. The first-order valence-corrected chi connectivity index (χ1v) is 4.95. The molecule has 0 bridgehead atoms. The van der Waals surface area contributed by atoms with E-state index >= 15 is 0 Å². The van der Waals surface area contributed by atoms with Crippen LogP contribution in [0.4, 0.5) is 0 Å². The number of allylic oxidation sites excluding steroid dienone is 6. The molecule has 0 aliphatic heterocycles. The molecule has 82 valence electrons. The topological polar surface area (TPSA) is 29.1 Å². The number of hydrogen-bond donors (Lipinski definition) is 1. The number of hydrogen-bond acceptors (Lipinski definition) is 1. The molecule has 0 aliphatic rings. The van der Waals surface area contributed by atoms with Gasteiger partial charge in [-0.2, -0.15) is 0 Å². The van der Waals surface area contributed by atoms with E-state index in [1.165, 1.54) is 5.57 Å². The van der Waals surface area contributed by atoms with Gasteiger partial charge >= 0.3 is 0 Å². The highest BCUT2D eigenvalue weighted by Gasteiger charge is 2.05. The van der Waals surface area contributed by atoms with Crippen molar-refractivity contribution in [1.29, 1.82) is 0 Å². The Morgan fingerprint density at radius 3 is 2.13 bits per heavy atom. The second-order valence-electron chi connectivity index (χ2n) is 3.18. The zero-order valence-electron chi connectivity index (χ0n) is 9.92. The first kappa shape index (κ1) is 13.4. The first-order chi connectivity index (χ1) is 7.12. The Bertz CT molecular complexity index is 332. The summed E-state index contributed by atoms with van der Waals surface area (Å²) in [5, 5.41) is 2.64. The minimum absolute atomic E-state index is 0.665. The van der Waals surface area contributed by atoms with Gasteiger partial charge in [0.15, 0.2) is 0 Å². The van der Waals surface area contributed by atoms with Crippen LogP contribution in [0.25, 0.3) is 0 Å². The largest absolute Gasteiger partial charge is 0.328 e. The predicted molar refractivity (Wildman–Crippen MR) is 65.3 cm³/mol. The van der Waals surface area contributed by atoms with Crippen LogP contribution < -0.4 is 5.32 Å². The van der Waals surface area contributed by atoms with Crippen molar-refractivity contribution in [3.8, 4) is 0 Å². The summed E-state index contributed by atoms with van der Waals surface area (Å²) < 4.78 is 0. The van der Waals surface area contributed by atoms with Crippen LogP contribution >= 0.6 is 0 Å². The molecule has 0 rings (SSSR count). The van der Waals surface area contributed by atoms with Crippen LogP contribution in [0.3, 0.4) is 0 Å². The Morgan fingerprint density at radius 1 is 1.20 bits per heavy atom. The van der Waals surface area contributed by atoms with Crippen molar-refractivity contribution < 1.29 is 4.79 Å². The molecule has 0 aromatic heterocycles. The molecule has 1 N–H and O–H groups in total. The third-order valence-corrected chi connectivity index (χ3v) is 2.37. The van der Waals surface area contributed by atoms with Crippen LogP contribution in [-0.4, -0.2) is 6.41 Å². The molecule has 0 saturated carbocycles. The fourth-order valence-electron chi connectivity index (χ4n) is 1.42. The molecule has 0 aromatic rings. The van der Waals surface area contributed by atoms with Crippen molar-refractivity contribution in [2.45, 2.75) is 27.7 Å². The van der Waals surface area contributed by atoms with Crippen molar-refractivity contribution in [2.24, 2.45) is 0 Å². The van der Waals surface area contributed by atoms with Crippen LogP contribution in [0.2, 0.25) is 0 Å². The van der Waals surface area contributed by atoms with Gasteiger partial charge in [-0.3, -0.25) is 4.79 Å². The molecule has 0 saturated heterocycles. The van der Waals surface area contributed by atoms with Crippen LogP contribution in [-0.2, 0) is 4.79 Å². The Balaban J connectivity index is 5.33. The van der Waals surface area contributed by atoms with Crippen LogP contribution in [0.15, 0.2) is 47.2 Å². The van der Waals surface area contributed by atoms with Gasteiger partial charge in [-0.15, -0.1) is 0 Å². The highest BCUT2D eigenvalue weighted by Crippen LogP contribution is 2.21. The van der Waals surface area contributed by atoms with E-state index in [0.717, 1.165) is 16.8 Å². The summed E-state index contributed by atoms with van der Waals surface area (Å²) in [6, 6.07) is 0. The molecule has 0 aromatic carbocycles. The number of rotatable bonds is 5. The van der Waals surface area contributed by atoms with Crippen molar-refractivity contribution in [2.75, 3.05) is 0 Å². The molecule has 0 heterocycles. The molecular weight excluding hydrogens is 186 g/mol. The summed E-state index contributed by atoms with van der Waals surface area (Å²) in [6.45, 7) is 11.7. The molecule has 2 nitrogen and oxygen atoms in total. The molecular formula is C13H19NO. The SMILES string of the molecule is C=C/C(NC=O)=C(C)/C(=C\C)C(/C)=C/C. The van der Waals surface area contributed by atoms with Gasteiger partial charge in [-0.25, -0.2) is 0 Å². The van der Waals surface area contributed by atoms with Gasteiger partial charge in [-0.05, 0) is 50.5 Å². The van der Waals surface area contributed by atoms with E-state index in [9.17, 15) is 4.79 Å². The Kier molecular flexibility index (Phi) is 6.11. The fourth-order valence-corrected chi connectivity index (χ4v) is 1.42. The summed E-state index contributed by atoms with van der Waals surface area (Å²) in [6.07, 6.45) is 6.38. The molecule has 0 spiro atoms. The number of carbonyl (C=O) groups excluding carboxylic acids is 1. The van der Waals surface area contributed by atoms with Gasteiger partial charge in [0.05, 0.1) is 0 Å². The van der Waals surface area contributed by atoms with Crippen LogP contribution in [0, 0.1) is 0 Å². The zero-order valence-corrected chi connectivity index (χ0v) is 9.92. The van der Waals surface area contributed by atoms with Crippen molar-refractivity contribution >= 4 is 6.41 Å². The van der Waals surface area contributed by atoms with Gasteiger partial charge in [0.2, 0.25) is 6.41 Å². The number of amides is 1. The second kappa shape index (κ2) is 6.82. The summed E-state index contributed by atoms with van der Waals surface area (Å²) in [5.41, 5.74) is 4.08. The van der Waals surface area contributed by atoms with E-state index in [1.807, 2.05) is 39.8 Å². The van der Waals surface area contributed by atoms with E-state index in [1.54, 1.807) is 6.08 Å². The normalized spacial score (nSPS) is 14.4. The Morgan fingerprint density at radius 2 is 1.80 bits per heavy atom. The molecule has 0 atom stereocenters. The fraction of sp³-hybridized carbons (Fsp3) is 0.308. The minimum Gasteiger partial charge on any atom is -0.328 e. The number of nitrogens with one attached hydrogen (secondary N) is 1. The van der Waals surface area contributed by atoms with E-state index in [4.69, 9.17) is 0 Å². The maximum Gasteiger partial charge on any atom is 0.211 e. The smallest absolute Gasteiger partial charge is 0.211 e. The lowest BCUT2D eigenvalue weighted by Gasteiger charge is -2.11. The van der Waals surface area contributed by atoms with Gasteiger partial charge in [0.1, 0.15) is 0 Å². The van der Waals surface area contributed by atoms with Gasteiger partial charge in [-0.1, -0.05) is 18.7 Å². The molecule has 0 unspecified atom stereocenters. The predicted octanol–water partition coefficient (Wildman–Crippen LogP) is 3.10. The maximum absolute atomic E-state index is 10.4. The van der Waals surface area contributed by atoms with Gasteiger partial charge in [0.25, 0.3) is 0 Å². The highest BCUT2D eigenvalue weighted by atomic mass is 16.1. The summed E-state index contributed by atoms with van der Waals surface area (Å²) in [4.78, 5) is 10.4. The molecule has 0 fully saturated rings. The quantitative estimate of drug-likeness (QED) is 0.542.